The molecule has 1 aromatic heterocycles. The summed E-state index contributed by atoms with van der Waals surface area (Å²) in [6.07, 6.45) is 3.40. The number of nitrogens with one attached hydrogen (secondary N) is 1. The molecule has 0 amide bonds. The quantitative estimate of drug-likeness (QED) is 0.929. The van der Waals surface area contributed by atoms with Crippen LogP contribution in [-0.2, 0) is 6.42 Å². The monoisotopic (exact) mass is 284 g/mol. The number of anilines is 1. The fourth-order valence-corrected chi connectivity index (χ4v) is 2.87. The molecular weight excluding hydrogens is 260 g/mol. The summed E-state index contributed by atoms with van der Waals surface area (Å²) in [5, 5.41) is 8.07. The molecule has 0 aliphatic carbocycles. The highest BCUT2D eigenvalue weighted by atomic mass is 15.4. The maximum Gasteiger partial charge on any atom is 0.221 e. The van der Waals surface area contributed by atoms with Gasteiger partial charge in [-0.2, -0.15) is 10.1 Å². The summed E-state index contributed by atoms with van der Waals surface area (Å²) >= 11 is 0. The van der Waals surface area contributed by atoms with Gasteiger partial charge < -0.3 is 5.32 Å². The van der Waals surface area contributed by atoms with Gasteiger partial charge in [-0.1, -0.05) is 51.5 Å². The Morgan fingerprint density at radius 3 is 2.71 bits per heavy atom. The van der Waals surface area contributed by atoms with Gasteiger partial charge in [0.2, 0.25) is 5.95 Å². The van der Waals surface area contributed by atoms with Crippen LogP contribution in [0.5, 0.6) is 0 Å². The normalized spacial score (nSPS) is 17.6. The van der Waals surface area contributed by atoms with E-state index in [9.17, 15) is 0 Å². The van der Waals surface area contributed by atoms with Gasteiger partial charge in [0.1, 0.15) is 0 Å². The van der Waals surface area contributed by atoms with Crippen molar-refractivity contribution in [1.82, 2.24) is 14.8 Å². The van der Waals surface area contributed by atoms with Crippen LogP contribution >= 0.6 is 0 Å². The Hall–Kier alpha value is -1.84. The molecule has 21 heavy (non-hydrogen) atoms. The molecule has 2 heterocycles. The molecule has 0 saturated heterocycles. The van der Waals surface area contributed by atoms with Crippen LogP contribution in [0.2, 0.25) is 0 Å². The number of fused-ring (bicyclic) bond motifs is 1. The molecule has 112 valence electrons. The van der Waals surface area contributed by atoms with Crippen molar-refractivity contribution in [2.24, 2.45) is 0 Å². The molecule has 1 unspecified atom stereocenters. The van der Waals surface area contributed by atoms with Crippen molar-refractivity contribution < 1.29 is 0 Å². The minimum absolute atomic E-state index is 0.303. The first kappa shape index (κ1) is 14.1. The second-order valence-corrected chi connectivity index (χ2v) is 6.12. The summed E-state index contributed by atoms with van der Waals surface area (Å²) in [4.78, 5) is 4.61. The number of aromatic nitrogens is 3. The van der Waals surface area contributed by atoms with Crippen LogP contribution < -0.4 is 5.32 Å². The van der Waals surface area contributed by atoms with Gasteiger partial charge in [0.25, 0.3) is 0 Å². The highest BCUT2D eigenvalue weighted by Crippen LogP contribution is 2.29. The molecule has 0 fully saturated rings. The third-order valence-corrected chi connectivity index (χ3v) is 4.06. The van der Waals surface area contributed by atoms with Crippen LogP contribution in [0.25, 0.3) is 0 Å². The molecule has 4 nitrogen and oxygen atoms in total. The molecular formula is C17H24N4. The average Bonchev–Trinajstić information content (AvgIpc) is 2.93. The van der Waals surface area contributed by atoms with Crippen molar-refractivity contribution in [3.63, 3.8) is 0 Å². The molecule has 1 atom stereocenters. The van der Waals surface area contributed by atoms with Gasteiger partial charge in [-0.25, -0.2) is 4.68 Å². The van der Waals surface area contributed by atoms with E-state index in [0.29, 0.717) is 12.0 Å². The topological polar surface area (TPSA) is 42.7 Å². The largest absolute Gasteiger partial charge is 0.354 e. The molecule has 2 aromatic rings. The van der Waals surface area contributed by atoms with Crippen LogP contribution in [0.3, 0.4) is 0 Å². The zero-order valence-electron chi connectivity index (χ0n) is 13.1. The third-order valence-electron chi connectivity index (χ3n) is 4.06. The van der Waals surface area contributed by atoms with Crippen LogP contribution in [0.15, 0.2) is 24.3 Å². The highest BCUT2D eigenvalue weighted by Gasteiger charge is 2.24. The summed E-state index contributed by atoms with van der Waals surface area (Å²) in [7, 11) is 0. The maximum atomic E-state index is 4.71. The second-order valence-electron chi connectivity index (χ2n) is 6.12. The fraction of sp³-hybridized carbons (Fsp3) is 0.529. The highest BCUT2D eigenvalue weighted by molar-refractivity contribution is 5.34. The number of nitrogens with zero attached hydrogens (tertiary/aromatic N) is 3. The number of hydrogen-bond acceptors (Lipinski definition) is 3. The molecule has 1 aromatic carbocycles. The van der Waals surface area contributed by atoms with E-state index < -0.39 is 0 Å². The summed E-state index contributed by atoms with van der Waals surface area (Å²) in [6.45, 7) is 7.44. The molecule has 0 radical (unpaired) electrons. The fourth-order valence-electron chi connectivity index (χ4n) is 2.87. The number of benzene rings is 1. The van der Waals surface area contributed by atoms with Crippen LogP contribution in [0.4, 0.5) is 5.95 Å². The number of hydrogen-bond donors (Lipinski definition) is 1. The van der Waals surface area contributed by atoms with E-state index in [0.717, 1.165) is 31.2 Å². The molecule has 3 rings (SSSR count). The van der Waals surface area contributed by atoms with Gasteiger partial charge in [-0.05, 0) is 24.0 Å². The zero-order chi connectivity index (χ0) is 14.8. The van der Waals surface area contributed by atoms with E-state index in [-0.39, 0.29) is 0 Å². The van der Waals surface area contributed by atoms with Crippen LogP contribution in [-0.4, -0.2) is 21.3 Å². The minimum Gasteiger partial charge on any atom is -0.354 e. The van der Waals surface area contributed by atoms with E-state index >= 15 is 0 Å². The Bertz CT molecular complexity index is 598. The van der Waals surface area contributed by atoms with E-state index in [2.05, 4.69) is 60.0 Å². The molecule has 1 aliphatic rings. The lowest BCUT2D eigenvalue weighted by Gasteiger charge is -2.24. The Morgan fingerprint density at radius 1 is 1.29 bits per heavy atom. The number of aryl methyl sites for hydroxylation is 1. The van der Waals surface area contributed by atoms with Crippen LogP contribution in [0, 0.1) is 0 Å². The lowest BCUT2D eigenvalue weighted by atomic mass is 10.00. The SMILES string of the molecule is CCCc1ccc(C2CCNc3nc(C(C)C)nn32)cc1. The molecule has 0 spiro atoms. The predicted octanol–water partition coefficient (Wildman–Crippen LogP) is 3.76. The van der Waals surface area contributed by atoms with Crippen molar-refractivity contribution >= 4 is 5.95 Å². The first-order chi connectivity index (χ1) is 10.2. The van der Waals surface area contributed by atoms with E-state index in [4.69, 9.17) is 5.10 Å². The smallest absolute Gasteiger partial charge is 0.221 e. The molecule has 1 N–H and O–H groups in total. The van der Waals surface area contributed by atoms with Gasteiger partial charge in [-0.15, -0.1) is 0 Å². The van der Waals surface area contributed by atoms with Crippen molar-refractivity contribution in [2.75, 3.05) is 11.9 Å². The van der Waals surface area contributed by atoms with Gasteiger partial charge in [0.05, 0.1) is 6.04 Å². The first-order valence-corrected chi connectivity index (χ1v) is 7.98. The standard InChI is InChI=1S/C17H24N4/c1-4-5-13-6-8-14(9-7-13)15-10-11-18-17-19-16(12(2)3)20-21(15)17/h6-9,12,15H,4-5,10-11H2,1-3H3,(H,18,19,20). The average molecular weight is 284 g/mol. The van der Waals surface area contributed by atoms with Gasteiger partial charge >= 0.3 is 0 Å². The molecule has 1 aliphatic heterocycles. The van der Waals surface area contributed by atoms with Gasteiger partial charge in [-0.3, -0.25) is 0 Å². The Labute approximate surface area is 126 Å². The number of rotatable bonds is 4. The first-order valence-electron chi connectivity index (χ1n) is 7.98. The molecule has 4 heteroatoms. The minimum atomic E-state index is 0.303. The van der Waals surface area contributed by atoms with Gasteiger partial charge in [0.15, 0.2) is 5.82 Å². The van der Waals surface area contributed by atoms with Gasteiger partial charge in [0, 0.05) is 12.5 Å². The van der Waals surface area contributed by atoms with Crippen molar-refractivity contribution in [3.05, 3.63) is 41.2 Å². The zero-order valence-corrected chi connectivity index (χ0v) is 13.1. The Balaban J connectivity index is 1.90. The summed E-state index contributed by atoms with van der Waals surface area (Å²) < 4.78 is 2.06. The maximum absolute atomic E-state index is 4.71. The van der Waals surface area contributed by atoms with Crippen molar-refractivity contribution in [3.8, 4) is 0 Å². The summed E-state index contributed by atoms with van der Waals surface area (Å²) in [5.74, 6) is 2.19. The van der Waals surface area contributed by atoms with Crippen molar-refractivity contribution in [1.29, 1.82) is 0 Å². The third kappa shape index (κ3) is 2.80. The molecule has 0 bridgehead atoms. The summed E-state index contributed by atoms with van der Waals surface area (Å²) in [6, 6.07) is 9.31. The lowest BCUT2D eigenvalue weighted by molar-refractivity contribution is 0.475. The second kappa shape index (κ2) is 5.88. The van der Waals surface area contributed by atoms with E-state index in [1.54, 1.807) is 0 Å². The molecule has 0 saturated carbocycles. The Kier molecular flexibility index (Phi) is 3.95. The lowest BCUT2D eigenvalue weighted by Crippen LogP contribution is -2.24. The van der Waals surface area contributed by atoms with Crippen molar-refractivity contribution in [2.45, 2.75) is 52.0 Å². The van der Waals surface area contributed by atoms with E-state index in [1.165, 1.54) is 17.5 Å². The predicted molar refractivity (Wildman–Crippen MR) is 85.8 cm³/mol. The summed E-state index contributed by atoms with van der Waals surface area (Å²) in [5.41, 5.74) is 2.75. The van der Waals surface area contributed by atoms with E-state index in [1.807, 2.05) is 0 Å². The Morgan fingerprint density at radius 2 is 2.05 bits per heavy atom. The van der Waals surface area contributed by atoms with Crippen LogP contribution in [0.1, 0.15) is 62.5 Å².